The summed E-state index contributed by atoms with van der Waals surface area (Å²) in [5.74, 6) is 0.0861. The van der Waals surface area contributed by atoms with Gasteiger partial charge in [0.05, 0.1) is 0 Å². The van der Waals surface area contributed by atoms with Crippen molar-refractivity contribution in [3.8, 4) is 5.75 Å². The number of aryl methyl sites for hydroxylation is 1. The summed E-state index contributed by atoms with van der Waals surface area (Å²) in [6.45, 7) is 4.13. The second-order valence-corrected chi connectivity index (χ2v) is 7.59. The van der Waals surface area contributed by atoms with Crippen LogP contribution in [0.25, 0.3) is 11.0 Å². The van der Waals surface area contributed by atoms with E-state index in [1.807, 2.05) is 13.0 Å². The first-order valence-corrected chi connectivity index (χ1v) is 9.74. The van der Waals surface area contributed by atoms with Crippen LogP contribution in [0.3, 0.4) is 0 Å². The van der Waals surface area contributed by atoms with Crippen LogP contribution in [-0.2, 0) is 9.53 Å². The summed E-state index contributed by atoms with van der Waals surface area (Å²) in [5, 5.41) is 12.7. The number of aromatic nitrogens is 2. The van der Waals surface area contributed by atoms with Gasteiger partial charge in [-0.15, -0.1) is 10.2 Å². The normalized spacial score (nSPS) is 16.4. The van der Waals surface area contributed by atoms with Crippen molar-refractivity contribution in [3.05, 3.63) is 44.8 Å². The summed E-state index contributed by atoms with van der Waals surface area (Å²) in [5.41, 5.74) is 1.50. The van der Waals surface area contributed by atoms with Gasteiger partial charge in [0.25, 0.3) is 5.91 Å². The molecule has 0 aliphatic carbocycles. The quantitative estimate of drug-likeness (QED) is 0.655. The Balaban J connectivity index is 1.39. The summed E-state index contributed by atoms with van der Waals surface area (Å²) in [4.78, 5) is 24.0. The molecule has 4 rings (SSSR count). The number of amides is 1. The number of hydrogen-bond acceptors (Lipinski definition) is 8. The number of nitrogens with zero attached hydrogens (tertiary/aromatic N) is 2. The SMILES string of the molecule is Cc1c(C)c2ccc(OCC(=O)Nc3nnc([C@H]4CCCO4)s3)cc2oc1=O. The van der Waals surface area contributed by atoms with Crippen LogP contribution in [0.4, 0.5) is 5.13 Å². The predicted molar refractivity (Wildman–Crippen MR) is 104 cm³/mol. The van der Waals surface area contributed by atoms with E-state index in [1.165, 1.54) is 11.3 Å². The van der Waals surface area contributed by atoms with Crippen LogP contribution in [0, 0.1) is 13.8 Å². The van der Waals surface area contributed by atoms with E-state index in [0.717, 1.165) is 35.4 Å². The number of hydrogen-bond donors (Lipinski definition) is 1. The molecule has 1 aromatic carbocycles. The van der Waals surface area contributed by atoms with Crippen LogP contribution in [-0.4, -0.2) is 29.3 Å². The van der Waals surface area contributed by atoms with Crippen LogP contribution in [0.1, 0.15) is 35.1 Å². The molecule has 3 aromatic rings. The Bertz CT molecular complexity index is 1080. The Labute approximate surface area is 164 Å². The maximum absolute atomic E-state index is 12.1. The Morgan fingerprint density at radius 1 is 1.32 bits per heavy atom. The van der Waals surface area contributed by atoms with Crippen molar-refractivity contribution < 1.29 is 18.7 Å². The molecule has 0 bridgehead atoms. The second-order valence-electron chi connectivity index (χ2n) is 6.58. The summed E-state index contributed by atoms with van der Waals surface area (Å²) in [6, 6.07) is 5.16. The molecule has 1 fully saturated rings. The third-order valence-corrected chi connectivity index (χ3v) is 5.62. The number of anilines is 1. The second kappa shape index (κ2) is 7.69. The Morgan fingerprint density at radius 2 is 2.18 bits per heavy atom. The fourth-order valence-electron chi connectivity index (χ4n) is 3.01. The predicted octanol–water partition coefficient (Wildman–Crippen LogP) is 3.13. The van der Waals surface area contributed by atoms with Crippen molar-refractivity contribution in [1.29, 1.82) is 0 Å². The zero-order valence-corrected chi connectivity index (χ0v) is 16.3. The van der Waals surface area contributed by atoms with Gasteiger partial charge in [0.15, 0.2) is 6.61 Å². The van der Waals surface area contributed by atoms with Crippen molar-refractivity contribution in [2.24, 2.45) is 0 Å². The van der Waals surface area contributed by atoms with Crippen molar-refractivity contribution in [2.45, 2.75) is 32.8 Å². The van der Waals surface area contributed by atoms with Crippen molar-refractivity contribution >= 4 is 33.3 Å². The van der Waals surface area contributed by atoms with Gasteiger partial charge in [0.2, 0.25) is 5.13 Å². The summed E-state index contributed by atoms with van der Waals surface area (Å²) in [7, 11) is 0. The van der Waals surface area contributed by atoms with E-state index in [4.69, 9.17) is 13.9 Å². The topological polar surface area (TPSA) is 104 Å². The zero-order valence-electron chi connectivity index (χ0n) is 15.5. The molecule has 0 saturated carbocycles. The molecule has 1 atom stereocenters. The number of fused-ring (bicyclic) bond motifs is 1. The lowest BCUT2D eigenvalue weighted by atomic mass is 10.1. The Hall–Kier alpha value is -2.78. The van der Waals surface area contributed by atoms with E-state index in [-0.39, 0.29) is 24.2 Å². The van der Waals surface area contributed by atoms with Crippen LogP contribution in [0.2, 0.25) is 0 Å². The summed E-state index contributed by atoms with van der Waals surface area (Å²) in [6.07, 6.45) is 1.90. The summed E-state index contributed by atoms with van der Waals surface area (Å²) < 4.78 is 16.4. The van der Waals surface area contributed by atoms with Crippen molar-refractivity contribution in [3.63, 3.8) is 0 Å². The van der Waals surface area contributed by atoms with Crippen LogP contribution in [0.15, 0.2) is 27.4 Å². The van der Waals surface area contributed by atoms with E-state index in [9.17, 15) is 9.59 Å². The van der Waals surface area contributed by atoms with Gasteiger partial charge in [-0.25, -0.2) is 4.79 Å². The molecular weight excluding hydrogens is 382 g/mol. The van der Waals surface area contributed by atoms with Gasteiger partial charge in [-0.1, -0.05) is 11.3 Å². The van der Waals surface area contributed by atoms with Gasteiger partial charge in [-0.2, -0.15) is 0 Å². The van der Waals surface area contributed by atoms with E-state index in [2.05, 4.69) is 15.5 Å². The molecule has 146 valence electrons. The van der Waals surface area contributed by atoms with Gasteiger partial charge < -0.3 is 13.9 Å². The monoisotopic (exact) mass is 401 g/mol. The van der Waals surface area contributed by atoms with Crippen LogP contribution < -0.4 is 15.7 Å². The number of benzene rings is 1. The molecule has 8 nitrogen and oxygen atoms in total. The van der Waals surface area contributed by atoms with Gasteiger partial charge in [-0.05, 0) is 44.4 Å². The van der Waals surface area contributed by atoms with E-state index >= 15 is 0 Å². The highest BCUT2D eigenvalue weighted by Crippen LogP contribution is 2.31. The smallest absolute Gasteiger partial charge is 0.339 e. The average Bonchev–Trinajstić information content (AvgIpc) is 3.36. The Kier molecular flexibility index (Phi) is 5.10. The minimum absolute atomic E-state index is 0.0289. The minimum atomic E-state index is -0.377. The molecule has 2 aromatic heterocycles. The van der Waals surface area contributed by atoms with E-state index < -0.39 is 0 Å². The lowest BCUT2D eigenvalue weighted by Gasteiger charge is -2.08. The highest BCUT2D eigenvalue weighted by molar-refractivity contribution is 7.15. The minimum Gasteiger partial charge on any atom is -0.484 e. The molecule has 0 radical (unpaired) electrons. The average molecular weight is 401 g/mol. The molecule has 1 N–H and O–H groups in total. The van der Waals surface area contributed by atoms with Crippen LogP contribution >= 0.6 is 11.3 Å². The van der Waals surface area contributed by atoms with Gasteiger partial charge in [0.1, 0.15) is 22.4 Å². The summed E-state index contributed by atoms with van der Waals surface area (Å²) >= 11 is 1.30. The molecule has 28 heavy (non-hydrogen) atoms. The standard InChI is InChI=1S/C19H19N3O5S/c1-10-11(2)18(24)27-15-8-12(5-6-13(10)15)26-9-16(23)20-19-22-21-17(28-19)14-4-3-7-25-14/h5-6,8,14H,3-4,7,9H2,1-2H3,(H,20,22,23)/t14-/m1/s1. The fraction of sp³-hybridized carbons (Fsp3) is 0.368. The van der Waals surface area contributed by atoms with Crippen molar-refractivity contribution in [1.82, 2.24) is 10.2 Å². The molecule has 1 aliphatic heterocycles. The van der Waals surface area contributed by atoms with Gasteiger partial charge >= 0.3 is 5.63 Å². The first-order valence-electron chi connectivity index (χ1n) is 8.93. The number of carbonyl (C=O) groups excluding carboxylic acids is 1. The number of nitrogens with one attached hydrogen (secondary N) is 1. The van der Waals surface area contributed by atoms with Gasteiger partial charge in [0, 0.05) is 23.6 Å². The molecular formula is C19H19N3O5S. The molecule has 3 heterocycles. The Morgan fingerprint density at radius 3 is 2.96 bits per heavy atom. The largest absolute Gasteiger partial charge is 0.484 e. The lowest BCUT2D eigenvalue weighted by molar-refractivity contribution is -0.118. The third-order valence-electron chi connectivity index (χ3n) is 4.69. The maximum Gasteiger partial charge on any atom is 0.339 e. The van der Waals surface area contributed by atoms with Crippen LogP contribution in [0.5, 0.6) is 5.75 Å². The first-order chi connectivity index (χ1) is 13.5. The van der Waals surface area contributed by atoms with E-state index in [0.29, 0.717) is 22.0 Å². The lowest BCUT2D eigenvalue weighted by Crippen LogP contribution is -2.20. The highest BCUT2D eigenvalue weighted by Gasteiger charge is 2.22. The number of rotatable bonds is 5. The molecule has 9 heteroatoms. The highest BCUT2D eigenvalue weighted by atomic mass is 32.1. The number of ether oxygens (including phenoxy) is 2. The van der Waals surface area contributed by atoms with E-state index in [1.54, 1.807) is 19.1 Å². The molecule has 1 saturated heterocycles. The number of carbonyl (C=O) groups is 1. The fourth-order valence-corrected chi connectivity index (χ4v) is 3.85. The molecule has 1 amide bonds. The molecule has 0 spiro atoms. The molecule has 1 aliphatic rings. The zero-order chi connectivity index (χ0) is 19.7. The molecule has 0 unspecified atom stereocenters. The maximum atomic E-state index is 12.1. The van der Waals surface area contributed by atoms with Crippen molar-refractivity contribution in [2.75, 3.05) is 18.5 Å². The first kappa shape index (κ1) is 18.6. The third kappa shape index (κ3) is 3.76. The van der Waals surface area contributed by atoms with Gasteiger partial charge in [-0.3, -0.25) is 10.1 Å².